The van der Waals surface area contributed by atoms with E-state index in [1.807, 2.05) is 45.4 Å². The number of non-ortho nitro benzene ring substituents is 1. The van der Waals surface area contributed by atoms with Crippen molar-refractivity contribution in [1.82, 2.24) is 0 Å². The molecule has 0 saturated carbocycles. The fraction of sp³-hybridized carbons (Fsp3) is 0.143. The van der Waals surface area contributed by atoms with Crippen LogP contribution in [0, 0.1) is 10.1 Å². The molecule has 0 aliphatic heterocycles. The zero-order valence-electron chi connectivity index (χ0n) is 16.0. The third-order valence-electron chi connectivity index (χ3n) is 4.33. The lowest BCUT2D eigenvalue weighted by Crippen LogP contribution is -2.11. The first-order valence-corrected chi connectivity index (χ1v) is 8.71. The average Bonchev–Trinajstić information content (AvgIpc) is 2.72. The molecule has 0 bridgehead atoms. The summed E-state index contributed by atoms with van der Waals surface area (Å²) in [5, 5.41) is 19.0. The molecule has 7 heteroatoms. The Morgan fingerprint density at radius 2 is 1.07 bits per heavy atom. The van der Waals surface area contributed by atoms with Crippen LogP contribution in [0.1, 0.15) is 0 Å². The van der Waals surface area contributed by atoms with Gasteiger partial charge in [-0.25, -0.2) is 0 Å². The van der Waals surface area contributed by atoms with Crippen LogP contribution in [0.25, 0.3) is 0 Å². The molecule has 28 heavy (non-hydrogen) atoms. The Balaban J connectivity index is 1.69. The molecule has 0 radical (unpaired) electrons. The summed E-state index contributed by atoms with van der Waals surface area (Å²) in [6.45, 7) is 0. The fourth-order valence-corrected chi connectivity index (χ4v) is 2.62. The quantitative estimate of drug-likeness (QED) is 0.308. The molecule has 3 aromatic carbocycles. The number of anilines is 3. The number of azo groups is 1. The van der Waals surface area contributed by atoms with Crippen molar-refractivity contribution >= 4 is 34.1 Å². The number of rotatable bonds is 6. The molecule has 0 aliphatic carbocycles. The molecule has 7 nitrogen and oxygen atoms in total. The lowest BCUT2D eigenvalue weighted by molar-refractivity contribution is -0.384. The lowest BCUT2D eigenvalue weighted by Gasteiger charge is -2.21. The Bertz CT molecular complexity index is 965. The number of benzene rings is 3. The van der Waals surface area contributed by atoms with Gasteiger partial charge in [0, 0.05) is 50.3 Å². The molecular formula is C21H21N5O2. The van der Waals surface area contributed by atoms with Gasteiger partial charge in [0.1, 0.15) is 0 Å². The molecule has 0 fully saturated rings. The van der Waals surface area contributed by atoms with Crippen LogP contribution in [0.15, 0.2) is 83.0 Å². The second-order valence-electron chi connectivity index (χ2n) is 6.46. The Labute approximate surface area is 163 Å². The van der Waals surface area contributed by atoms with Crippen molar-refractivity contribution in [3.8, 4) is 0 Å². The van der Waals surface area contributed by atoms with Crippen LogP contribution in [0.2, 0.25) is 0 Å². The van der Waals surface area contributed by atoms with E-state index in [-0.39, 0.29) is 5.69 Å². The van der Waals surface area contributed by atoms with E-state index in [2.05, 4.69) is 44.3 Å². The van der Waals surface area contributed by atoms with Crippen LogP contribution in [0.5, 0.6) is 0 Å². The maximum atomic E-state index is 10.7. The Morgan fingerprint density at radius 1 is 0.679 bits per heavy atom. The predicted molar refractivity (Wildman–Crippen MR) is 113 cm³/mol. The van der Waals surface area contributed by atoms with Crippen molar-refractivity contribution < 1.29 is 4.92 Å². The van der Waals surface area contributed by atoms with E-state index in [9.17, 15) is 10.1 Å². The van der Waals surface area contributed by atoms with Crippen LogP contribution < -0.4 is 9.80 Å². The minimum Gasteiger partial charge on any atom is -0.378 e. The number of hydrogen-bond donors (Lipinski definition) is 0. The lowest BCUT2D eigenvalue weighted by atomic mass is 10.2. The van der Waals surface area contributed by atoms with Crippen LogP contribution >= 0.6 is 0 Å². The summed E-state index contributed by atoms with van der Waals surface area (Å²) in [7, 11) is 6.05. The molecule has 3 rings (SSSR count). The number of hydrogen-bond acceptors (Lipinski definition) is 6. The predicted octanol–water partition coefficient (Wildman–Crippen LogP) is 5.84. The van der Waals surface area contributed by atoms with Crippen molar-refractivity contribution in [2.24, 2.45) is 10.2 Å². The summed E-state index contributed by atoms with van der Waals surface area (Å²) in [6.07, 6.45) is 0. The molecule has 0 unspecified atom stereocenters. The number of nitro groups is 1. The highest BCUT2D eigenvalue weighted by Crippen LogP contribution is 2.28. The molecule has 0 spiro atoms. The molecular weight excluding hydrogens is 354 g/mol. The number of nitrogens with zero attached hydrogens (tertiary/aromatic N) is 5. The van der Waals surface area contributed by atoms with E-state index in [0.29, 0.717) is 11.4 Å². The summed E-state index contributed by atoms with van der Waals surface area (Å²) in [5.41, 5.74) is 4.58. The molecule has 0 aromatic heterocycles. The van der Waals surface area contributed by atoms with E-state index in [1.54, 1.807) is 12.1 Å². The SMILES string of the molecule is CN(C)c1ccc(N(C)c2ccc(N=Nc3ccc([N+](=O)[O-])cc3)cc2)cc1. The van der Waals surface area contributed by atoms with Crippen LogP contribution in [0.4, 0.5) is 34.1 Å². The van der Waals surface area contributed by atoms with E-state index in [1.165, 1.54) is 12.1 Å². The topological polar surface area (TPSA) is 74.3 Å². The normalized spacial score (nSPS) is 10.8. The zero-order chi connectivity index (χ0) is 20.1. The standard InChI is InChI=1S/C21H21N5O2/c1-24(2)18-12-14-20(15-13-18)25(3)19-8-4-16(5-9-19)22-23-17-6-10-21(11-7-17)26(27)28/h4-15H,1-3H3. The van der Waals surface area contributed by atoms with Gasteiger partial charge in [0.25, 0.3) is 5.69 Å². The smallest absolute Gasteiger partial charge is 0.269 e. The highest BCUT2D eigenvalue weighted by Gasteiger charge is 2.05. The van der Waals surface area contributed by atoms with Crippen molar-refractivity contribution in [3.63, 3.8) is 0 Å². The Hall–Kier alpha value is -3.74. The van der Waals surface area contributed by atoms with Crippen molar-refractivity contribution in [2.45, 2.75) is 0 Å². The maximum Gasteiger partial charge on any atom is 0.269 e. The van der Waals surface area contributed by atoms with Crippen molar-refractivity contribution in [1.29, 1.82) is 0 Å². The molecule has 3 aromatic rings. The third kappa shape index (κ3) is 4.50. The summed E-state index contributed by atoms with van der Waals surface area (Å²) >= 11 is 0. The Kier molecular flexibility index (Phi) is 5.64. The van der Waals surface area contributed by atoms with E-state index in [4.69, 9.17) is 0 Å². The van der Waals surface area contributed by atoms with Crippen LogP contribution in [0.3, 0.4) is 0 Å². The van der Waals surface area contributed by atoms with Crippen LogP contribution in [-0.2, 0) is 0 Å². The first-order valence-electron chi connectivity index (χ1n) is 8.71. The minimum atomic E-state index is -0.440. The van der Waals surface area contributed by atoms with Gasteiger partial charge in [-0.3, -0.25) is 10.1 Å². The summed E-state index contributed by atoms with van der Waals surface area (Å²) in [5.74, 6) is 0. The van der Waals surface area contributed by atoms with Gasteiger partial charge in [0.2, 0.25) is 0 Å². The maximum absolute atomic E-state index is 10.7. The van der Waals surface area contributed by atoms with Gasteiger partial charge >= 0.3 is 0 Å². The summed E-state index contributed by atoms with van der Waals surface area (Å²) < 4.78 is 0. The van der Waals surface area contributed by atoms with E-state index in [0.717, 1.165) is 17.1 Å². The number of nitro benzene ring substituents is 1. The molecule has 0 saturated heterocycles. The summed E-state index contributed by atoms with van der Waals surface area (Å²) in [4.78, 5) is 14.4. The van der Waals surface area contributed by atoms with Gasteiger partial charge in [0.15, 0.2) is 0 Å². The highest BCUT2D eigenvalue weighted by molar-refractivity contribution is 5.66. The minimum absolute atomic E-state index is 0.0324. The van der Waals surface area contributed by atoms with Gasteiger partial charge in [-0.15, -0.1) is 0 Å². The van der Waals surface area contributed by atoms with Gasteiger partial charge in [0.05, 0.1) is 16.3 Å². The van der Waals surface area contributed by atoms with Crippen LogP contribution in [-0.4, -0.2) is 26.1 Å². The first-order chi connectivity index (χ1) is 13.4. The monoisotopic (exact) mass is 375 g/mol. The van der Waals surface area contributed by atoms with E-state index >= 15 is 0 Å². The molecule has 0 heterocycles. The molecule has 142 valence electrons. The molecule has 0 N–H and O–H groups in total. The second-order valence-corrected chi connectivity index (χ2v) is 6.46. The van der Waals surface area contributed by atoms with Crippen molar-refractivity contribution in [3.05, 3.63) is 82.9 Å². The van der Waals surface area contributed by atoms with Crippen molar-refractivity contribution in [2.75, 3.05) is 30.9 Å². The average molecular weight is 375 g/mol. The largest absolute Gasteiger partial charge is 0.378 e. The second kappa shape index (κ2) is 8.30. The third-order valence-corrected chi connectivity index (χ3v) is 4.33. The zero-order valence-corrected chi connectivity index (χ0v) is 16.0. The van der Waals surface area contributed by atoms with Gasteiger partial charge in [-0.2, -0.15) is 10.2 Å². The Morgan fingerprint density at radius 3 is 1.50 bits per heavy atom. The molecule has 0 atom stereocenters. The van der Waals surface area contributed by atoms with Gasteiger partial charge in [-0.1, -0.05) is 0 Å². The van der Waals surface area contributed by atoms with Gasteiger partial charge < -0.3 is 9.80 Å². The summed E-state index contributed by atoms with van der Waals surface area (Å²) in [6, 6.07) is 22.0. The van der Waals surface area contributed by atoms with E-state index < -0.39 is 4.92 Å². The molecule has 0 amide bonds. The first kappa shape index (κ1) is 19.0. The molecule has 0 aliphatic rings. The fourth-order valence-electron chi connectivity index (χ4n) is 2.62. The van der Waals surface area contributed by atoms with Gasteiger partial charge in [-0.05, 0) is 60.7 Å². The highest BCUT2D eigenvalue weighted by atomic mass is 16.6.